The number of rotatable bonds is 3. The zero-order valence-corrected chi connectivity index (χ0v) is 12.8. The Morgan fingerprint density at radius 2 is 2.25 bits per heavy atom. The molecule has 2 N–H and O–H groups in total. The topological polar surface area (TPSA) is 40.7 Å². The normalized spacial score (nSPS) is 21.6. The monoisotopic (exact) mass is 287 g/mol. The first-order valence-electron chi connectivity index (χ1n) is 7.06. The summed E-state index contributed by atoms with van der Waals surface area (Å²) < 4.78 is 0. The summed E-state index contributed by atoms with van der Waals surface area (Å²) in [6.45, 7) is 4.71. The molecule has 0 bridgehead atoms. The maximum Gasteiger partial charge on any atom is 0.0650 e. The fourth-order valence-electron chi connectivity index (χ4n) is 2.78. The number of nitrogens with zero attached hydrogens (tertiary/aromatic N) is 1. The van der Waals surface area contributed by atoms with Gasteiger partial charge in [-0.3, -0.25) is 5.10 Å². The molecule has 3 nitrogen and oxygen atoms in total. The molecule has 0 spiro atoms. The van der Waals surface area contributed by atoms with Crippen LogP contribution >= 0.6 is 11.8 Å². The standard InChI is InChI=1S/C16H21N3S/c1-16(2)9-14(10-20-11-16)18-13-5-3-4-12(8-13)15-6-7-17-19-15/h3-8,14,18H,9-11H2,1-2H3,(H,17,19). The molecule has 0 radical (unpaired) electrons. The lowest BCUT2D eigenvalue weighted by Gasteiger charge is -2.35. The minimum absolute atomic E-state index is 0.432. The van der Waals surface area contributed by atoms with Crippen LogP contribution in [0.5, 0.6) is 0 Å². The van der Waals surface area contributed by atoms with Gasteiger partial charge < -0.3 is 5.32 Å². The number of aromatic amines is 1. The van der Waals surface area contributed by atoms with Crippen molar-refractivity contribution in [2.24, 2.45) is 5.41 Å². The summed E-state index contributed by atoms with van der Waals surface area (Å²) in [5.74, 6) is 2.46. The molecule has 3 rings (SSSR count). The molecule has 1 aliphatic rings. The molecule has 1 aromatic carbocycles. The number of nitrogens with one attached hydrogen (secondary N) is 2. The second-order valence-electron chi connectivity index (χ2n) is 6.28. The number of thioether (sulfide) groups is 1. The average Bonchev–Trinajstić information content (AvgIpc) is 2.91. The van der Waals surface area contributed by atoms with Crippen LogP contribution in [0.25, 0.3) is 11.3 Å². The van der Waals surface area contributed by atoms with Gasteiger partial charge in [0.1, 0.15) is 0 Å². The molecule has 1 fully saturated rings. The van der Waals surface area contributed by atoms with E-state index in [0.717, 1.165) is 5.69 Å². The lowest BCUT2D eigenvalue weighted by atomic mass is 9.87. The van der Waals surface area contributed by atoms with Gasteiger partial charge in [0, 0.05) is 29.2 Å². The van der Waals surface area contributed by atoms with Crippen LogP contribution in [-0.2, 0) is 0 Å². The van der Waals surface area contributed by atoms with E-state index in [2.05, 4.69) is 65.4 Å². The minimum Gasteiger partial charge on any atom is -0.381 e. The number of H-pyrrole nitrogens is 1. The predicted molar refractivity (Wildman–Crippen MR) is 87.2 cm³/mol. The number of hydrogen-bond donors (Lipinski definition) is 2. The van der Waals surface area contributed by atoms with Crippen LogP contribution in [0.4, 0.5) is 5.69 Å². The van der Waals surface area contributed by atoms with E-state index in [1.807, 2.05) is 6.07 Å². The first kappa shape index (κ1) is 13.6. The second-order valence-corrected chi connectivity index (χ2v) is 7.31. The first-order chi connectivity index (χ1) is 9.62. The van der Waals surface area contributed by atoms with E-state index < -0.39 is 0 Å². The van der Waals surface area contributed by atoms with E-state index >= 15 is 0 Å². The van der Waals surface area contributed by atoms with Crippen LogP contribution in [0, 0.1) is 5.41 Å². The van der Waals surface area contributed by atoms with Gasteiger partial charge in [0.25, 0.3) is 0 Å². The van der Waals surface area contributed by atoms with Gasteiger partial charge in [-0.2, -0.15) is 16.9 Å². The minimum atomic E-state index is 0.432. The average molecular weight is 287 g/mol. The van der Waals surface area contributed by atoms with Crippen molar-refractivity contribution < 1.29 is 0 Å². The molecule has 1 atom stereocenters. The lowest BCUT2D eigenvalue weighted by Crippen LogP contribution is -2.35. The van der Waals surface area contributed by atoms with Gasteiger partial charge in [0.05, 0.1) is 5.69 Å². The zero-order valence-electron chi connectivity index (χ0n) is 12.0. The highest BCUT2D eigenvalue weighted by Crippen LogP contribution is 2.35. The van der Waals surface area contributed by atoms with Gasteiger partial charge in [0.15, 0.2) is 0 Å². The molecule has 0 saturated carbocycles. The summed E-state index contributed by atoms with van der Waals surface area (Å²) >= 11 is 2.05. The smallest absolute Gasteiger partial charge is 0.0650 e. The summed E-state index contributed by atoms with van der Waals surface area (Å²) in [4.78, 5) is 0. The molecule has 1 saturated heterocycles. The van der Waals surface area contributed by atoms with Crippen molar-refractivity contribution in [2.75, 3.05) is 16.8 Å². The summed E-state index contributed by atoms with van der Waals surface area (Å²) in [7, 11) is 0. The van der Waals surface area contributed by atoms with Gasteiger partial charge in [-0.1, -0.05) is 26.0 Å². The molecule has 0 amide bonds. The molecule has 20 heavy (non-hydrogen) atoms. The van der Waals surface area contributed by atoms with Crippen molar-refractivity contribution >= 4 is 17.4 Å². The third kappa shape index (κ3) is 3.18. The highest BCUT2D eigenvalue weighted by Gasteiger charge is 2.28. The van der Waals surface area contributed by atoms with Crippen molar-refractivity contribution in [1.29, 1.82) is 0 Å². The number of hydrogen-bond acceptors (Lipinski definition) is 3. The Morgan fingerprint density at radius 1 is 1.35 bits per heavy atom. The second kappa shape index (κ2) is 5.52. The molecule has 2 heterocycles. The quantitative estimate of drug-likeness (QED) is 0.895. The van der Waals surface area contributed by atoms with Crippen molar-refractivity contribution in [3.63, 3.8) is 0 Å². The van der Waals surface area contributed by atoms with Gasteiger partial charge >= 0.3 is 0 Å². The highest BCUT2D eigenvalue weighted by molar-refractivity contribution is 7.99. The fourth-order valence-corrected chi connectivity index (χ4v) is 4.06. The van der Waals surface area contributed by atoms with Crippen LogP contribution in [0.1, 0.15) is 20.3 Å². The van der Waals surface area contributed by atoms with E-state index in [9.17, 15) is 0 Å². The van der Waals surface area contributed by atoms with Crippen molar-refractivity contribution in [2.45, 2.75) is 26.3 Å². The van der Waals surface area contributed by atoms with Crippen molar-refractivity contribution in [1.82, 2.24) is 10.2 Å². The van der Waals surface area contributed by atoms with Crippen LogP contribution in [0.2, 0.25) is 0 Å². The van der Waals surface area contributed by atoms with Crippen LogP contribution < -0.4 is 5.32 Å². The Morgan fingerprint density at radius 3 is 3.00 bits per heavy atom. The first-order valence-corrected chi connectivity index (χ1v) is 8.22. The number of aromatic nitrogens is 2. The van der Waals surface area contributed by atoms with Crippen molar-refractivity contribution in [3.05, 3.63) is 36.5 Å². The van der Waals surface area contributed by atoms with Crippen LogP contribution in [0.15, 0.2) is 36.5 Å². The molecule has 2 aromatic rings. The molecule has 0 aliphatic carbocycles. The maximum atomic E-state index is 4.01. The molecule has 1 aromatic heterocycles. The Bertz CT molecular complexity index is 563. The Kier molecular flexibility index (Phi) is 3.74. The van der Waals surface area contributed by atoms with Gasteiger partial charge in [0.2, 0.25) is 0 Å². The Balaban J connectivity index is 1.73. The summed E-state index contributed by atoms with van der Waals surface area (Å²) in [6, 6.07) is 11.1. The third-order valence-electron chi connectivity index (χ3n) is 3.66. The predicted octanol–water partition coefficient (Wildman–Crippen LogP) is 4.02. The summed E-state index contributed by atoms with van der Waals surface area (Å²) in [5.41, 5.74) is 3.87. The van der Waals surface area contributed by atoms with E-state index in [-0.39, 0.29) is 0 Å². The van der Waals surface area contributed by atoms with E-state index in [0.29, 0.717) is 11.5 Å². The van der Waals surface area contributed by atoms with Gasteiger partial charge in [-0.15, -0.1) is 0 Å². The maximum absolute atomic E-state index is 4.01. The van der Waals surface area contributed by atoms with Crippen molar-refractivity contribution in [3.8, 4) is 11.3 Å². The summed E-state index contributed by atoms with van der Waals surface area (Å²) in [5, 5.41) is 10.7. The zero-order chi connectivity index (χ0) is 14.0. The molecule has 1 aliphatic heterocycles. The third-order valence-corrected chi connectivity index (χ3v) is 5.28. The molecular weight excluding hydrogens is 266 g/mol. The largest absolute Gasteiger partial charge is 0.381 e. The van der Waals surface area contributed by atoms with Crippen LogP contribution in [-0.4, -0.2) is 27.7 Å². The Hall–Kier alpha value is -1.42. The Labute approximate surface area is 124 Å². The summed E-state index contributed by atoms with van der Waals surface area (Å²) in [6.07, 6.45) is 3.02. The lowest BCUT2D eigenvalue weighted by molar-refractivity contribution is 0.358. The van der Waals surface area contributed by atoms with E-state index in [1.165, 1.54) is 29.2 Å². The van der Waals surface area contributed by atoms with E-state index in [1.54, 1.807) is 6.20 Å². The highest BCUT2D eigenvalue weighted by atomic mass is 32.2. The fraction of sp³-hybridized carbons (Fsp3) is 0.438. The SMILES string of the molecule is CC1(C)CSCC(Nc2cccc(-c3ccn[nH]3)c2)C1. The van der Waals surface area contributed by atoms with Crippen LogP contribution in [0.3, 0.4) is 0 Å². The van der Waals surface area contributed by atoms with Gasteiger partial charge in [-0.25, -0.2) is 0 Å². The number of benzene rings is 1. The molecule has 4 heteroatoms. The molecule has 1 unspecified atom stereocenters. The molecular formula is C16H21N3S. The van der Waals surface area contributed by atoms with Gasteiger partial charge in [-0.05, 0) is 35.8 Å². The van der Waals surface area contributed by atoms with E-state index in [4.69, 9.17) is 0 Å². The molecule has 106 valence electrons. The number of anilines is 1.